The largest absolute Gasteiger partial charge is 0.345 e. The fraction of sp³-hybridized carbons (Fsp3) is 0.379. The van der Waals surface area contributed by atoms with Crippen LogP contribution in [0.15, 0.2) is 72.9 Å². The first-order valence-electron chi connectivity index (χ1n) is 12.4. The molecule has 0 saturated carbocycles. The summed E-state index contributed by atoms with van der Waals surface area (Å²) in [7, 11) is 0. The molecule has 3 rings (SSSR count). The van der Waals surface area contributed by atoms with Gasteiger partial charge in [0.15, 0.2) is 0 Å². The highest BCUT2D eigenvalue weighted by Gasteiger charge is 2.23. The number of unbranched alkanes of at least 4 members (excludes halogenated alkanes) is 1. The number of aromatic nitrogens is 1. The van der Waals surface area contributed by atoms with Gasteiger partial charge in [-0.3, -0.25) is 9.59 Å². The Kier molecular flexibility index (Phi) is 9.65. The Labute approximate surface area is 208 Å². The van der Waals surface area contributed by atoms with Crippen LogP contribution in [0.4, 0.5) is 4.39 Å². The van der Waals surface area contributed by atoms with Gasteiger partial charge >= 0.3 is 0 Å². The number of halogens is 1. The van der Waals surface area contributed by atoms with E-state index in [-0.39, 0.29) is 30.1 Å². The number of rotatable bonds is 12. The molecule has 6 heteroatoms. The summed E-state index contributed by atoms with van der Waals surface area (Å²) in [6.07, 6.45) is 3.80. The summed E-state index contributed by atoms with van der Waals surface area (Å²) in [6, 6.07) is 20.3. The highest BCUT2D eigenvalue weighted by Crippen LogP contribution is 2.15. The molecule has 2 aromatic carbocycles. The molecule has 3 aromatic rings. The van der Waals surface area contributed by atoms with E-state index in [1.54, 1.807) is 17.0 Å². The maximum Gasteiger partial charge on any atom is 0.242 e. The number of carbonyl (C=O) groups is 2. The molecule has 186 valence electrons. The third-order valence-electron chi connectivity index (χ3n) is 6.02. The number of nitrogens with zero attached hydrogens (tertiary/aromatic N) is 3. The molecule has 0 saturated heterocycles. The van der Waals surface area contributed by atoms with Crippen molar-refractivity contribution in [1.29, 1.82) is 0 Å². The summed E-state index contributed by atoms with van der Waals surface area (Å²) >= 11 is 0. The van der Waals surface area contributed by atoms with Crippen molar-refractivity contribution >= 4 is 11.8 Å². The maximum atomic E-state index is 13.6. The minimum atomic E-state index is -0.260. The Morgan fingerprint density at radius 2 is 1.60 bits per heavy atom. The smallest absolute Gasteiger partial charge is 0.242 e. The second-order valence-electron chi connectivity index (χ2n) is 9.26. The Hall–Kier alpha value is -3.41. The van der Waals surface area contributed by atoms with Crippen molar-refractivity contribution in [2.24, 2.45) is 5.92 Å². The van der Waals surface area contributed by atoms with Gasteiger partial charge in [0, 0.05) is 37.4 Å². The summed E-state index contributed by atoms with van der Waals surface area (Å²) < 4.78 is 15.4. The molecule has 2 amide bonds. The van der Waals surface area contributed by atoms with Crippen molar-refractivity contribution in [2.45, 2.75) is 53.2 Å². The van der Waals surface area contributed by atoms with Gasteiger partial charge in [0.2, 0.25) is 11.8 Å². The van der Waals surface area contributed by atoms with Crippen LogP contribution in [-0.4, -0.2) is 39.3 Å². The van der Waals surface area contributed by atoms with Crippen LogP contribution in [0.25, 0.3) is 0 Å². The third kappa shape index (κ3) is 7.81. The molecule has 0 aliphatic rings. The molecule has 1 aromatic heterocycles. The first-order chi connectivity index (χ1) is 16.9. The van der Waals surface area contributed by atoms with Crippen LogP contribution in [-0.2, 0) is 29.2 Å². The van der Waals surface area contributed by atoms with Crippen LogP contribution < -0.4 is 0 Å². The molecule has 5 nitrogen and oxygen atoms in total. The number of benzene rings is 2. The van der Waals surface area contributed by atoms with E-state index in [0.717, 1.165) is 29.7 Å². The van der Waals surface area contributed by atoms with Crippen molar-refractivity contribution in [3.63, 3.8) is 0 Å². The van der Waals surface area contributed by atoms with Crippen molar-refractivity contribution in [3.05, 3.63) is 95.6 Å². The molecule has 0 aliphatic carbocycles. The molecule has 0 aliphatic heterocycles. The van der Waals surface area contributed by atoms with Gasteiger partial charge in [-0.2, -0.15) is 0 Å². The first-order valence-corrected chi connectivity index (χ1v) is 12.4. The molecule has 35 heavy (non-hydrogen) atoms. The lowest BCUT2D eigenvalue weighted by Crippen LogP contribution is -2.44. The van der Waals surface area contributed by atoms with E-state index >= 15 is 0 Å². The average molecular weight is 478 g/mol. The van der Waals surface area contributed by atoms with E-state index in [1.807, 2.05) is 67.4 Å². The normalized spacial score (nSPS) is 11.0. The van der Waals surface area contributed by atoms with E-state index in [0.29, 0.717) is 26.2 Å². The van der Waals surface area contributed by atoms with Gasteiger partial charge in [-0.1, -0.05) is 69.7 Å². The summed E-state index contributed by atoms with van der Waals surface area (Å²) in [4.78, 5) is 29.9. The summed E-state index contributed by atoms with van der Waals surface area (Å²) in [5, 5.41) is 0. The topological polar surface area (TPSA) is 45.6 Å². The minimum absolute atomic E-state index is 0.00569. The molecular weight excluding hydrogens is 441 g/mol. The van der Waals surface area contributed by atoms with E-state index in [1.165, 1.54) is 12.1 Å². The average Bonchev–Trinajstić information content (AvgIpc) is 3.29. The molecule has 0 unspecified atom stereocenters. The number of hydrogen-bond donors (Lipinski definition) is 0. The van der Waals surface area contributed by atoms with Gasteiger partial charge in [0.25, 0.3) is 0 Å². The van der Waals surface area contributed by atoms with Crippen LogP contribution in [0.2, 0.25) is 0 Å². The van der Waals surface area contributed by atoms with Crippen LogP contribution in [0.5, 0.6) is 0 Å². The quantitative estimate of drug-likeness (QED) is 0.346. The van der Waals surface area contributed by atoms with Crippen LogP contribution in [0.3, 0.4) is 0 Å². The highest BCUT2D eigenvalue weighted by atomic mass is 19.1. The van der Waals surface area contributed by atoms with Gasteiger partial charge in [-0.25, -0.2) is 4.39 Å². The van der Waals surface area contributed by atoms with Crippen LogP contribution >= 0.6 is 0 Å². The van der Waals surface area contributed by atoms with E-state index in [4.69, 9.17) is 0 Å². The highest BCUT2D eigenvalue weighted by molar-refractivity contribution is 5.85. The predicted octanol–water partition coefficient (Wildman–Crippen LogP) is 5.49. The Morgan fingerprint density at radius 1 is 0.886 bits per heavy atom. The van der Waals surface area contributed by atoms with Crippen molar-refractivity contribution in [2.75, 3.05) is 13.1 Å². The maximum absolute atomic E-state index is 13.6. The van der Waals surface area contributed by atoms with Crippen LogP contribution in [0, 0.1) is 11.7 Å². The summed E-state index contributed by atoms with van der Waals surface area (Å²) in [5.74, 6) is -0.487. The second kappa shape index (κ2) is 12.9. The van der Waals surface area contributed by atoms with Gasteiger partial charge in [-0.15, -0.1) is 0 Å². The molecule has 0 spiro atoms. The molecular formula is C29H36FN3O2. The monoisotopic (exact) mass is 477 g/mol. The summed E-state index contributed by atoms with van der Waals surface area (Å²) in [5.41, 5.74) is 3.00. The Morgan fingerprint density at radius 3 is 2.26 bits per heavy atom. The van der Waals surface area contributed by atoms with E-state index in [9.17, 15) is 14.0 Å². The van der Waals surface area contributed by atoms with Gasteiger partial charge < -0.3 is 14.4 Å². The van der Waals surface area contributed by atoms with E-state index < -0.39 is 0 Å². The fourth-order valence-corrected chi connectivity index (χ4v) is 4.01. The third-order valence-corrected chi connectivity index (χ3v) is 6.02. The van der Waals surface area contributed by atoms with Gasteiger partial charge in [0.1, 0.15) is 5.82 Å². The predicted molar refractivity (Wildman–Crippen MR) is 137 cm³/mol. The Balaban J connectivity index is 1.81. The zero-order chi connectivity index (χ0) is 25.2. The van der Waals surface area contributed by atoms with Gasteiger partial charge in [0.05, 0.1) is 13.1 Å². The number of amides is 2. The lowest BCUT2D eigenvalue weighted by atomic mass is 10.1. The van der Waals surface area contributed by atoms with Crippen molar-refractivity contribution < 1.29 is 14.0 Å². The number of carbonyl (C=O) groups excluding carboxylic acids is 2. The number of hydrogen-bond acceptors (Lipinski definition) is 2. The minimum Gasteiger partial charge on any atom is -0.345 e. The zero-order valence-corrected chi connectivity index (χ0v) is 21.0. The Bertz CT molecular complexity index is 1080. The molecule has 0 atom stereocenters. The van der Waals surface area contributed by atoms with Gasteiger partial charge in [-0.05, 0) is 41.8 Å². The SMILES string of the molecule is CCCCN(CC(=O)N(Cc1ccccc1)Cc1cccn1Cc1ccc(F)cc1)C(=O)C(C)C. The molecule has 0 bridgehead atoms. The lowest BCUT2D eigenvalue weighted by molar-refractivity contribution is -0.143. The molecule has 0 radical (unpaired) electrons. The van der Waals surface area contributed by atoms with E-state index in [2.05, 4.69) is 11.5 Å². The summed E-state index contributed by atoms with van der Waals surface area (Å²) in [6.45, 7) is 7.94. The standard InChI is InChI=1S/C29H36FN3O2/c1-4-5-17-32(29(35)23(2)3)22-28(34)33(20-24-10-7-6-8-11-24)21-27-12-9-18-31(27)19-25-13-15-26(30)16-14-25/h6-16,18,23H,4-5,17,19-22H2,1-3H3. The lowest BCUT2D eigenvalue weighted by Gasteiger charge is -2.29. The zero-order valence-electron chi connectivity index (χ0n) is 21.0. The molecule has 0 fully saturated rings. The molecule has 0 N–H and O–H groups in total. The first kappa shape index (κ1) is 26.2. The van der Waals surface area contributed by atoms with Crippen molar-refractivity contribution in [3.8, 4) is 0 Å². The van der Waals surface area contributed by atoms with Crippen molar-refractivity contribution in [1.82, 2.24) is 14.4 Å². The van der Waals surface area contributed by atoms with Crippen LogP contribution in [0.1, 0.15) is 50.4 Å². The second-order valence-corrected chi connectivity index (χ2v) is 9.26. The fourth-order valence-electron chi connectivity index (χ4n) is 4.01. The molecule has 1 heterocycles.